The van der Waals surface area contributed by atoms with E-state index in [1.54, 1.807) is 24.4 Å². The molecule has 0 aliphatic rings. The first-order chi connectivity index (χ1) is 10.4. The Kier molecular flexibility index (Phi) is 5.15. The number of aliphatic carboxylic acids is 1. The number of carboxylic acid groups (broad SMARTS) is 1. The van der Waals surface area contributed by atoms with E-state index in [2.05, 4.69) is 10.3 Å². The molecule has 22 heavy (non-hydrogen) atoms. The monoisotopic (exact) mass is 338 g/mol. The van der Waals surface area contributed by atoms with Crippen LogP contribution in [-0.4, -0.2) is 22.0 Å². The van der Waals surface area contributed by atoms with Crippen LogP contribution in [0, 0.1) is 6.92 Å². The van der Waals surface area contributed by atoms with E-state index in [0.29, 0.717) is 21.4 Å². The molecule has 1 amide bonds. The summed E-state index contributed by atoms with van der Waals surface area (Å²) >= 11 is 7.22. The number of nitrogens with zero attached hydrogens (tertiary/aromatic N) is 1. The lowest BCUT2D eigenvalue weighted by Crippen LogP contribution is -2.19. The zero-order valence-corrected chi connectivity index (χ0v) is 13.7. The summed E-state index contributed by atoms with van der Waals surface area (Å²) in [6.45, 7) is 3.61. The molecule has 116 valence electrons. The molecule has 0 bridgehead atoms. The van der Waals surface area contributed by atoms with Gasteiger partial charge in [0.2, 0.25) is 5.91 Å². The van der Waals surface area contributed by atoms with Gasteiger partial charge in [-0.1, -0.05) is 17.7 Å². The smallest absolute Gasteiger partial charge is 0.309 e. The number of hydrogen-bond donors (Lipinski definition) is 2. The van der Waals surface area contributed by atoms with Crippen molar-refractivity contribution in [3.05, 3.63) is 44.9 Å². The Bertz CT molecular complexity index is 715. The van der Waals surface area contributed by atoms with Gasteiger partial charge in [0.05, 0.1) is 18.0 Å². The minimum Gasteiger partial charge on any atom is -0.481 e. The normalized spacial score (nSPS) is 12.0. The van der Waals surface area contributed by atoms with Crippen molar-refractivity contribution in [3.8, 4) is 0 Å². The predicted molar refractivity (Wildman–Crippen MR) is 86.7 cm³/mol. The Balaban J connectivity index is 2.10. The van der Waals surface area contributed by atoms with Gasteiger partial charge in [-0.25, -0.2) is 4.98 Å². The molecule has 2 N–H and O–H groups in total. The summed E-state index contributed by atoms with van der Waals surface area (Å²) in [4.78, 5) is 27.2. The van der Waals surface area contributed by atoms with E-state index in [1.165, 1.54) is 11.3 Å². The summed E-state index contributed by atoms with van der Waals surface area (Å²) in [6.07, 6.45) is -0.141. The third-order valence-electron chi connectivity index (χ3n) is 3.12. The first-order valence-electron chi connectivity index (χ1n) is 6.60. The maximum Gasteiger partial charge on any atom is 0.309 e. The quantitative estimate of drug-likeness (QED) is 0.874. The molecular weight excluding hydrogens is 324 g/mol. The number of thiazole rings is 1. The second-order valence-electron chi connectivity index (χ2n) is 4.92. The van der Waals surface area contributed by atoms with E-state index in [0.717, 1.165) is 5.56 Å². The molecule has 5 nitrogen and oxygen atoms in total. The minimum atomic E-state index is -0.941. The lowest BCUT2D eigenvalue weighted by Gasteiger charge is -2.12. The van der Waals surface area contributed by atoms with Gasteiger partial charge in [-0.3, -0.25) is 9.59 Å². The number of aromatic nitrogens is 1. The molecule has 7 heteroatoms. The van der Waals surface area contributed by atoms with Gasteiger partial charge >= 0.3 is 5.97 Å². The molecule has 1 aromatic heterocycles. The Labute approximate surface area is 137 Å². The number of anilines is 1. The number of amides is 1. The van der Waals surface area contributed by atoms with Crippen molar-refractivity contribution in [2.45, 2.75) is 26.2 Å². The first kappa shape index (κ1) is 16.5. The van der Waals surface area contributed by atoms with E-state index < -0.39 is 11.9 Å². The van der Waals surface area contributed by atoms with E-state index in [4.69, 9.17) is 16.7 Å². The Morgan fingerprint density at radius 2 is 2.18 bits per heavy atom. The highest BCUT2D eigenvalue weighted by atomic mass is 35.5. The highest BCUT2D eigenvalue weighted by molar-refractivity contribution is 7.09. The van der Waals surface area contributed by atoms with Gasteiger partial charge in [0.1, 0.15) is 5.01 Å². The van der Waals surface area contributed by atoms with Crippen LogP contribution in [0.15, 0.2) is 23.6 Å². The molecule has 1 atom stereocenters. The standard InChI is InChI=1S/C15H15ClN2O3S/c1-8-3-4-10(16)5-12(8)18-14(21)9(2)15-17-11(7-22-15)6-13(19)20/h3-5,7,9H,6H2,1-2H3,(H,18,21)(H,19,20)/t9-/m0/s1. The number of carbonyl (C=O) groups is 2. The molecule has 0 aliphatic carbocycles. The van der Waals surface area contributed by atoms with Gasteiger partial charge in [-0.05, 0) is 31.5 Å². The molecule has 0 fully saturated rings. The molecule has 2 aromatic rings. The fourth-order valence-electron chi connectivity index (χ4n) is 1.84. The summed E-state index contributed by atoms with van der Waals surface area (Å²) in [5.74, 6) is -1.61. The fourth-order valence-corrected chi connectivity index (χ4v) is 2.89. The van der Waals surface area contributed by atoms with Crippen molar-refractivity contribution in [1.29, 1.82) is 0 Å². The van der Waals surface area contributed by atoms with Crippen molar-refractivity contribution in [3.63, 3.8) is 0 Å². The summed E-state index contributed by atoms with van der Waals surface area (Å²) < 4.78 is 0. The number of nitrogens with one attached hydrogen (secondary N) is 1. The molecular formula is C15H15ClN2O3S. The second kappa shape index (κ2) is 6.89. The molecule has 0 unspecified atom stereocenters. The summed E-state index contributed by atoms with van der Waals surface area (Å²) in [6, 6.07) is 5.28. The molecule has 0 saturated heterocycles. The van der Waals surface area contributed by atoms with Crippen molar-refractivity contribution >= 4 is 40.5 Å². The molecule has 0 saturated carbocycles. The zero-order chi connectivity index (χ0) is 16.3. The molecule has 0 aliphatic heterocycles. The fraction of sp³-hybridized carbons (Fsp3) is 0.267. The van der Waals surface area contributed by atoms with Crippen LogP contribution in [0.2, 0.25) is 5.02 Å². The average molecular weight is 339 g/mol. The third kappa shape index (κ3) is 4.05. The Hall–Kier alpha value is -1.92. The Morgan fingerprint density at radius 1 is 1.45 bits per heavy atom. The van der Waals surface area contributed by atoms with Crippen molar-refractivity contribution in [2.75, 3.05) is 5.32 Å². The van der Waals surface area contributed by atoms with Crippen LogP contribution in [0.25, 0.3) is 0 Å². The van der Waals surface area contributed by atoms with Crippen LogP contribution in [0.5, 0.6) is 0 Å². The molecule has 0 radical (unpaired) electrons. The van der Waals surface area contributed by atoms with E-state index in [1.807, 2.05) is 13.0 Å². The van der Waals surface area contributed by atoms with E-state index >= 15 is 0 Å². The Morgan fingerprint density at radius 3 is 2.86 bits per heavy atom. The average Bonchev–Trinajstić information content (AvgIpc) is 2.89. The van der Waals surface area contributed by atoms with Crippen LogP contribution in [0.4, 0.5) is 5.69 Å². The summed E-state index contributed by atoms with van der Waals surface area (Å²) in [7, 11) is 0. The molecule has 1 aromatic carbocycles. The van der Waals surface area contributed by atoms with E-state index in [-0.39, 0.29) is 12.3 Å². The summed E-state index contributed by atoms with van der Waals surface area (Å²) in [5.41, 5.74) is 2.04. The highest BCUT2D eigenvalue weighted by Gasteiger charge is 2.20. The minimum absolute atomic E-state index is 0.141. The number of carbonyl (C=O) groups excluding carboxylic acids is 1. The van der Waals surface area contributed by atoms with Crippen LogP contribution in [0.1, 0.15) is 29.1 Å². The van der Waals surface area contributed by atoms with Gasteiger partial charge in [0.15, 0.2) is 0 Å². The lowest BCUT2D eigenvalue weighted by atomic mass is 10.1. The second-order valence-corrected chi connectivity index (χ2v) is 6.24. The number of aryl methyl sites for hydroxylation is 1. The lowest BCUT2D eigenvalue weighted by molar-refractivity contribution is -0.136. The van der Waals surface area contributed by atoms with Gasteiger partial charge < -0.3 is 10.4 Å². The first-order valence-corrected chi connectivity index (χ1v) is 7.85. The number of carboxylic acids is 1. The topological polar surface area (TPSA) is 79.3 Å². The number of halogens is 1. The molecule has 2 rings (SSSR count). The van der Waals surface area contributed by atoms with Crippen LogP contribution in [0.3, 0.4) is 0 Å². The van der Waals surface area contributed by atoms with Crippen molar-refractivity contribution in [1.82, 2.24) is 4.98 Å². The molecule has 1 heterocycles. The zero-order valence-electron chi connectivity index (χ0n) is 12.1. The van der Waals surface area contributed by atoms with Crippen molar-refractivity contribution in [2.24, 2.45) is 0 Å². The third-order valence-corrected chi connectivity index (χ3v) is 4.43. The SMILES string of the molecule is Cc1ccc(Cl)cc1NC(=O)[C@H](C)c1nc(CC(=O)O)cs1. The van der Waals surface area contributed by atoms with Crippen molar-refractivity contribution < 1.29 is 14.7 Å². The largest absolute Gasteiger partial charge is 0.481 e. The van der Waals surface area contributed by atoms with Crippen LogP contribution < -0.4 is 5.32 Å². The number of benzene rings is 1. The summed E-state index contributed by atoms with van der Waals surface area (Å²) in [5, 5.41) is 14.4. The van der Waals surface area contributed by atoms with Crippen LogP contribution in [-0.2, 0) is 16.0 Å². The van der Waals surface area contributed by atoms with E-state index in [9.17, 15) is 9.59 Å². The maximum absolute atomic E-state index is 12.3. The maximum atomic E-state index is 12.3. The van der Waals surface area contributed by atoms with Gasteiger partial charge in [0, 0.05) is 16.1 Å². The van der Waals surface area contributed by atoms with Gasteiger partial charge in [0.25, 0.3) is 0 Å². The van der Waals surface area contributed by atoms with Gasteiger partial charge in [-0.15, -0.1) is 11.3 Å². The number of hydrogen-bond acceptors (Lipinski definition) is 4. The number of rotatable bonds is 5. The highest BCUT2D eigenvalue weighted by Crippen LogP contribution is 2.25. The molecule has 0 spiro atoms. The van der Waals surface area contributed by atoms with Gasteiger partial charge in [-0.2, -0.15) is 0 Å². The van der Waals surface area contributed by atoms with Crippen LogP contribution >= 0.6 is 22.9 Å². The predicted octanol–water partition coefficient (Wildman–Crippen LogP) is 3.47.